The number of amides is 1. The molecule has 0 aliphatic carbocycles. The van der Waals surface area contributed by atoms with E-state index in [1.54, 1.807) is 23.5 Å². The molecule has 2 rings (SSSR count). The normalized spacial score (nSPS) is 12.7. The van der Waals surface area contributed by atoms with E-state index < -0.39 is 5.91 Å². The Morgan fingerprint density at radius 3 is 2.58 bits per heavy atom. The van der Waals surface area contributed by atoms with Crippen molar-refractivity contribution in [3.8, 4) is 0 Å². The second kappa shape index (κ2) is 9.08. The quantitative estimate of drug-likeness (QED) is 0.534. The van der Waals surface area contributed by atoms with Gasteiger partial charge in [-0.15, -0.1) is 11.3 Å². The number of primary amides is 1. The first-order valence-electron chi connectivity index (χ1n) is 8.04. The minimum absolute atomic E-state index is 0.414. The summed E-state index contributed by atoms with van der Waals surface area (Å²) in [6, 6.07) is 11.4. The summed E-state index contributed by atoms with van der Waals surface area (Å²) in [5, 5.41) is 8.73. The second-order valence-electron chi connectivity index (χ2n) is 5.55. The van der Waals surface area contributed by atoms with Crippen molar-refractivity contribution in [2.24, 2.45) is 10.7 Å². The van der Waals surface area contributed by atoms with Gasteiger partial charge in [0.2, 0.25) is 5.91 Å². The van der Waals surface area contributed by atoms with Crippen LogP contribution in [0.15, 0.2) is 46.8 Å². The van der Waals surface area contributed by atoms with Gasteiger partial charge in [0.15, 0.2) is 5.96 Å². The lowest BCUT2D eigenvalue weighted by atomic mass is 10.1. The Bertz CT molecular complexity index is 665. The molecule has 0 radical (unpaired) electrons. The number of benzene rings is 1. The van der Waals surface area contributed by atoms with Crippen LogP contribution >= 0.6 is 11.3 Å². The predicted molar refractivity (Wildman–Crippen MR) is 101 cm³/mol. The molecule has 0 fully saturated rings. The van der Waals surface area contributed by atoms with Gasteiger partial charge >= 0.3 is 0 Å². The predicted octanol–water partition coefficient (Wildman–Crippen LogP) is 2.71. The minimum Gasteiger partial charge on any atom is -0.366 e. The molecule has 0 aliphatic heterocycles. The second-order valence-corrected chi connectivity index (χ2v) is 6.53. The van der Waals surface area contributed by atoms with Crippen LogP contribution in [0, 0.1) is 0 Å². The van der Waals surface area contributed by atoms with E-state index in [0.29, 0.717) is 18.0 Å². The smallest absolute Gasteiger partial charge is 0.248 e. The highest BCUT2D eigenvalue weighted by atomic mass is 32.1. The van der Waals surface area contributed by atoms with E-state index in [0.717, 1.165) is 24.6 Å². The van der Waals surface area contributed by atoms with Crippen molar-refractivity contribution < 1.29 is 4.79 Å². The lowest BCUT2D eigenvalue weighted by Crippen LogP contribution is -2.39. The summed E-state index contributed by atoms with van der Waals surface area (Å²) in [6.07, 6.45) is 0. The van der Waals surface area contributed by atoms with Crippen molar-refractivity contribution in [3.05, 3.63) is 57.8 Å². The number of thiophene rings is 1. The highest BCUT2D eigenvalue weighted by molar-refractivity contribution is 7.10. The van der Waals surface area contributed by atoms with Crippen LogP contribution in [-0.4, -0.2) is 25.0 Å². The maximum absolute atomic E-state index is 11.1. The minimum atomic E-state index is -0.414. The summed E-state index contributed by atoms with van der Waals surface area (Å²) in [4.78, 5) is 17.0. The molecular weight excluding hydrogens is 320 g/mol. The fourth-order valence-corrected chi connectivity index (χ4v) is 3.00. The van der Waals surface area contributed by atoms with Crippen LogP contribution in [0.1, 0.15) is 40.6 Å². The molecule has 0 saturated heterocycles. The van der Waals surface area contributed by atoms with Gasteiger partial charge < -0.3 is 16.4 Å². The molecule has 1 aromatic carbocycles. The van der Waals surface area contributed by atoms with E-state index in [9.17, 15) is 4.79 Å². The maximum atomic E-state index is 11.1. The molecule has 5 nitrogen and oxygen atoms in total. The van der Waals surface area contributed by atoms with Crippen LogP contribution in [0.5, 0.6) is 0 Å². The van der Waals surface area contributed by atoms with Crippen LogP contribution < -0.4 is 16.4 Å². The Balaban J connectivity index is 1.93. The molecule has 0 spiro atoms. The van der Waals surface area contributed by atoms with Crippen LogP contribution in [0.25, 0.3) is 0 Å². The van der Waals surface area contributed by atoms with E-state index in [2.05, 4.69) is 40.1 Å². The number of carbonyl (C=O) groups excluding carboxylic acids is 1. The molecule has 1 aromatic heterocycles. The number of aliphatic imine (C=N–C) groups is 1. The molecular formula is C18H24N4OS. The molecule has 4 N–H and O–H groups in total. The van der Waals surface area contributed by atoms with Gasteiger partial charge in [0.25, 0.3) is 0 Å². The molecule has 2 aromatic rings. The van der Waals surface area contributed by atoms with Crippen LogP contribution in [-0.2, 0) is 6.54 Å². The van der Waals surface area contributed by atoms with Gasteiger partial charge in [-0.2, -0.15) is 0 Å². The third-order valence-electron chi connectivity index (χ3n) is 3.61. The topological polar surface area (TPSA) is 79.5 Å². The summed E-state index contributed by atoms with van der Waals surface area (Å²) in [7, 11) is 0. The Kier molecular flexibility index (Phi) is 6.81. The fourth-order valence-electron chi connectivity index (χ4n) is 2.21. The number of nitrogens with zero attached hydrogens (tertiary/aromatic N) is 1. The van der Waals surface area contributed by atoms with Gasteiger partial charge in [0.1, 0.15) is 0 Å². The zero-order chi connectivity index (χ0) is 17.4. The van der Waals surface area contributed by atoms with Crippen LogP contribution in [0.2, 0.25) is 0 Å². The van der Waals surface area contributed by atoms with Gasteiger partial charge in [0, 0.05) is 29.4 Å². The molecule has 0 bridgehead atoms. The van der Waals surface area contributed by atoms with Crippen molar-refractivity contribution >= 4 is 23.2 Å². The van der Waals surface area contributed by atoms with Crippen molar-refractivity contribution in [1.82, 2.24) is 10.6 Å². The van der Waals surface area contributed by atoms with Gasteiger partial charge in [-0.3, -0.25) is 4.79 Å². The first-order valence-corrected chi connectivity index (χ1v) is 8.92. The fraction of sp³-hybridized carbons (Fsp3) is 0.333. The van der Waals surface area contributed by atoms with Crippen molar-refractivity contribution in [2.45, 2.75) is 26.3 Å². The number of nitrogens with two attached hydrogens (primary N) is 1. The summed E-state index contributed by atoms with van der Waals surface area (Å²) in [5.74, 6) is 0.811. The first-order chi connectivity index (χ1) is 11.6. The average Bonchev–Trinajstić information content (AvgIpc) is 3.12. The Labute approximate surface area is 147 Å². The van der Waals surface area contributed by atoms with Gasteiger partial charge in [-0.1, -0.05) is 25.1 Å². The molecule has 1 unspecified atom stereocenters. The number of nitrogens with one attached hydrogen (secondary N) is 2. The highest BCUT2D eigenvalue weighted by Crippen LogP contribution is 2.19. The van der Waals surface area contributed by atoms with Gasteiger partial charge in [-0.25, -0.2) is 4.99 Å². The molecule has 0 saturated carbocycles. The number of guanidine groups is 1. The Hall–Kier alpha value is -2.34. The SMILES string of the molecule is CCNC(=NCc1ccc(C(N)=O)cc1)NCC(C)c1cccs1. The number of rotatable bonds is 7. The molecule has 1 amide bonds. The zero-order valence-corrected chi connectivity index (χ0v) is 14.9. The third kappa shape index (κ3) is 5.38. The van der Waals surface area contributed by atoms with Crippen LogP contribution in [0.3, 0.4) is 0 Å². The summed E-state index contributed by atoms with van der Waals surface area (Å²) in [5.41, 5.74) is 6.79. The molecule has 6 heteroatoms. The van der Waals surface area contributed by atoms with E-state index in [4.69, 9.17) is 5.73 Å². The molecule has 1 atom stereocenters. The largest absolute Gasteiger partial charge is 0.366 e. The lowest BCUT2D eigenvalue weighted by molar-refractivity contribution is 0.100. The van der Waals surface area contributed by atoms with Crippen molar-refractivity contribution in [1.29, 1.82) is 0 Å². The highest BCUT2D eigenvalue weighted by Gasteiger charge is 2.07. The van der Waals surface area contributed by atoms with E-state index >= 15 is 0 Å². The lowest BCUT2D eigenvalue weighted by Gasteiger charge is -2.15. The number of hydrogen-bond acceptors (Lipinski definition) is 3. The van der Waals surface area contributed by atoms with E-state index in [1.807, 2.05) is 19.1 Å². The summed E-state index contributed by atoms with van der Waals surface area (Å²) in [6.45, 7) is 6.42. The standard InChI is InChI=1S/C18H24N4OS/c1-3-20-18(21-11-13(2)16-5-4-10-24-16)22-12-14-6-8-15(9-7-14)17(19)23/h4-10,13H,3,11-12H2,1-2H3,(H2,19,23)(H2,20,21,22). The Morgan fingerprint density at radius 1 is 1.25 bits per heavy atom. The number of hydrogen-bond donors (Lipinski definition) is 3. The van der Waals surface area contributed by atoms with E-state index in [-0.39, 0.29) is 0 Å². The number of carbonyl (C=O) groups is 1. The molecule has 24 heavy (non-hydrogen) atoms. The van der Waals surface area contributed by atoms with Crippen LogP contribution in [0.4, 0.5) is 0 Å². The van der Waals surface area contributed by atoms with Gasteiger partial charge in [-0.05, 0) is 36.1 Å². The summed E-state index contributed by atoms with van der Waals surface area (Å²) < 4.78 is 0. The average molecular weight is 344 g/mol. The van der Waals surface area contributed by atoms with E-state index in [1.165, 1.54) is 4.88 Å². The van der Waals surface area contributed by atoms with Crippen molar-refractivity contribution in [2.75, 3.05) is 13.1 Å². The Morgan fingerprint density at radius 2 is 2.00 bits per heavy atom. The summed E-state index contributed by atoms with van der Waals surface area (Å²) >= 11 is 1.77. The van der Waals surface area contributed by atoms with Gasteiger partial charge in [0.05, 0.1) is 6.54 Å². The molecule has 0 aliphatic rings. The third-order valence-corrected chi connectivity index (χ3v) is 4.71. The maximum Gasteiger partial charge on any atom is 0.248 e. The zero-order valence-electron chi connectivity index (χ0n) is 14.1. The monoisotopic (exact) mass is 344 g/mol. The molecule has 128 valence electrons. The molecule has 1 heterocycles. The first kappa shape index (κ1) is 18.0. The van der Waals surface area contributed by atoms with Crippen molar-refractivity contribution in [3.63, 3.8) is 0 Å².